The number of para-hydroxylation sites is 1. The predicted octanol–water partition coefficient (Wildman–Crippen LogP) is 6.45. The van der Waals surface area contributed by atoms with Crippen LogP contribution >= 0.6 is 0 Å². The van der Waals surface area contributed by atoms with Crippen LogP contribution in [0.25, 0.3) is 0 Å². The molecule has 0 saturated carbocycles. The molecule has 1 unspecified atom stereocenters. The van der Waals surface area contributed by atoms with E-state index in [-0.39, 0.29) is 5.41 Å². The number of unbranched alkanes of at least 4 members (excludes halogenated alkanes) is 5. The van der Waals surface area contributed by atoms with E-state index in [4.69, 9.17) is 0 Å². The SMILES string of the molecule is CCCCCCCCC(C)(c1ccccc1)c1ccccc1O. The van der Waals surface area contributed by atoms with Crippen molar-refractivity contribution in [3.05, 3.63) is 65.7 Å². The lowest BCUT2D eigenvalue weighted by molar-refractivity contribution is 0.423. The van der Waals surface area contributed by atoms with Crippen LogP contribution in [0.5, 0.6) is 5.75 Å². The van der Waals surface area contributed by atoms with Gasteiger partial charge >= 0.3 is 0 Å². The van der Waals surface area contributed by atoms with E-state index in [0.717, 1.165) is 12.0 Å². The molecule has 0 spiro atoms. The number of phenols is 1. The Labute approximate surface area is 141 Å². The highest BCUT2D eigenvalue weighted by atomic mass is 16.3. The molecular weight excluding hydrogens is 280 g/mol. The lowest BCUT2D eigenvalue weighted by atomic mass is 9.72. The Bertz CT molecular complexity index is 576. The van der Waals surface area contributed by atoms with Crippen molar-refractivity contribution >= 4 is 0 Å². The van der Waals surface area contributed by atoms with Crippen LogP contribution in [0.3, 0.4) is 0 Å². The van der Waals surface area contributed by atoms with Gasteiger partial charge in [-0.3, -0.25) is 0 Å². The van der Waals surface area contributed by atoms with Crippen LogP contribution in [0.1, 0.15) is 69.9 Å². The average molecular weight is 310 g/mol. The smallest absolute Gasteiger partial charge is 0.119 e. The van der Waals surface area contributed by atoms with Crippen molar-refractivity contribution in [2.75, 3.05) is 0 Å². The molecule has 0 amide bonds. The van der Waals surface area contributed by atoms with Crippen molar-refractivity contribution in [1.29, 1.82) is 0 Å². The highest BCUT2D eigenvalue weighted by Crippen LogP contribution is 2.40. The summed E-state index contributed by atoms with van der Waals surface area (Å²) in [5.74, 6) is 0.407. The Morgan fingerprint density at radius 1 is 0.783 bits per heavy atom. The van der Waals surface area contributed by atoms with Crippen LogP contribution in [0.4, 0.5) is 0 Å². The topological polar surface area (TPSA) is 20.2 Å². The van der Waals surface area contributed by atoms with E-state index in [0.29, 0.717) is 5.75 Å². The molecule has 124 valence electrons. The molecule has 1 heteroatoms. The van der Waals surface area contributed by atoms with Crippen molar-refractivity contribution in [2.45, 2.75) is 64.2 Å². The molecule has 0 aromatic heterocycles. The summed E-state index contributed by atoms with van der Waals surface area (Å²) in [5.41, 5.74) is 2.20. The zero-order chi connectivity index (χ0) is 16.5. The van der Waals surface area contributed by atoms with E-state index < -0.39 is 0 Å². The van der Waals surface area contributed by atoms with Gasteiger partial charge in [0.05, 0.1) is 0 Å². The van der Waals surface area contributed by atoms with Crippen LogP contribution in [0, 0.1) is 0 Å². The molecule has 0 saturated heterocycles. The van der Waals surface area contributed by atoms with Crippen LogP contribution in [0.15, 0.2) is 54.6 Å². The van der Waals surface area contributed by atoms with Gasteiger partial charge in [0.15, 0.2) is 0 Å². The van der Waals surface area contributed by atoms with Crippen LogP contribution in [0.2, 0.25) is 0 Å². The van der Waals surface area contributed by atoms with Crippen molar-refractivity contribution in [3.63, 3.8) is 0 Å². The van der Waals surface area contributed by atoms with Gasteiger partial charge in [0.1, 0.15) is 5.75 Å². The minimum absolute atomic E-state index is 0.128. The third kappa shape index (κ3) is 4.60. The number of hydrogen-bond donors (Lipinski definition) is 1. The Hall–Kier alpha value is -1.76. The molecule has 2 aromatic carbocycles. The maximum absolute atomic E-state index is 10.4. The molecule has 2 aromatic rings. The van der Waals surface area contributed by atoms with Crippen molar-refractivity contribution < 1.29 is 5.11 Å². The van der Waals surface area contributed by atoms with Gasteiger partial charge in [-0.1, -0.05) is 101 Å². The summed E-state index contributed by atoms with van der Waals surface area (Å²) < 4.78 is 0. The van der Waals surface area contributed by atoms with Crippen LogP contribution in [-0.2, 0) is 5.41 Å². The molecule has 0 bridgehead atoms. The summed E-state index contributed by atoms with van der Waals surface area (Å²) in [7, 11) is 0. The minimum atomic E-state index is -0.128. The molecule has 0 aliphatic rings. The van der Waals surface area contributed by atoms with E-state index in [2.05, 4.69) is 50.2 Å². The second kappa shape index (κ2) is 8.76. The quantitative estimate of drug-likeness (QED) is 0.528. The molecule has 2 rings (SSSR count). The molecule has 0 heterocycles. The first-order valence-corrected chi connectivity index (χ1v) is 9.02. The first kappa shape index (κ1) is 17.6. The normalized spacial score (nSPS) is 13.7. The second-order valence-electron chi connectivity index (χ2n) is 6.73. The fourth-order valence-corrected chi connectivity index (χ4v) is 3.44. The van der Waals surface area contributed by atoms with Gasteiger partial charge in [-0.25, -0.2) is 0 Å². The standard InChI is InChI=1S/C22H30O/c1-3-4-5-6-7-13-18-22(2,19-14-9-8-10-15-19)20-16-11-12-17-21(20)23/h8-12,14-17,23H,3-7,13,18H2,1-2H3. The van der Waals surface area contributed by atoms with E-state index in [1.807, 2.05) is 12.1 Å². The maximum atomic E-state index is 10.4. The number of aromatic hydroxyl groups is 1. The van der Waals surface area contributed by atoms with Crippen molar-refractivity contribution in [3.8, 4) is 5.75 Å². The summed E-state index contributed by atoms with van der Waals surface area (Å²) in [6, 6.07) is 18.4. The maximum Gasteiger partial charge on any atom is 0.119 e. The zero-order valence-corrected chi connectivity index (χ0v) is 14.6. The minimum Gasteiger partial charge on any atom is -0.508 e. The molecule has 1 N–H and O–H groups in total. The van der Waals surface area contributed by atoms with Crippen LogP contribution in [-0.4, -0.2) is 5.11 Å². The lowest BCUT2D eigenvalue weighted by Crippen LogP contribution is -2.23. The summed E-state index contributed by atoms with van der Waals surface area (Å²) in [4.78, 5) is 0. The van der Waals surface area contributed by atoms with Crippen molar-refractivity contribution in [2.24, 2.45) is 0 Å². The molecular formula is C22H30O. The number of phenolic OH excluding ortho intramolecular Hbond substituents is 1. The molecule has 1 nitrogen and oxygen atoms in total. The molecule has 0 radical (unpaired) electrons. The number of hydrogen-bond acceptors (Lipinski definition) is 1. The summed E-state index contributed by atoms with van der Waals surface area (Å²) in [6.07, 6.45) is 8.84. The van der Waals surface area contributed by atoms with Gasteiger partial charge in [0.25, 0.3) is 0 Å². The number of rotatable bonds is 9. The highest BCUT2D eigenvalue weighted by Gasteiger charge is 2.30. The molecule has 23 heavy (non-hydrogen) atoms. The average Bonchev–Trinajstić information content (AvgIpc) is 2.59. The molecule has 0 fully saturated rings. The second-order valence-corrected chi connectivity index (χ2v) is 6.73. The lowest BCUT2D eigenvalue weighted by Gasteiger charge is -2.32. The van der Waals surface area contributed by atoms with E-state index in [1.165, 1.54) is 44.1 Å². The molecule has 0 aliphatic carbocycles. The summed E-state index contributed by atoms with van der Waals surface area (Å²) in [5, 5.41) is 10.4. The monoisotopic (exact) mass is 310 g/mol. The van der Waals surface area contributed by atoms with Gasteiger partial charge in [0.2, 0.25) is 0 Å². The highest BCUT2D eigenvalue weighted by molar-refractivity contribution is 5.45. The summed E-state index contributed by atoms with van der Waals surface area (Å²) >= 11 is 0. The fourth-order valence-electron chi connectivity index (χ4n) is 3.44. The Morgan fingerprint density at radius 3 is 2.09 bits per heavy atom. The Balaban J connectivity index is 2.15. The number of benzene rings is 2. The van der Waals surface area contributed by atoms with Gasteiger partial charge in [-0.2, -0.15) is 0 Å². The van der Waals surface area contributed by atoms with E-state index in [9.17, 15) is 5.11 Å². The van der Waals surface area contributed by atoms with Gasteiger partial charge in [0, 0.05) is 11.0 Å². The summed E-state index contributed by atoms with van der Waals surface area (Å²) in [6.45, 7) is 4.52. The zero-order valence-electron chi connectivity index (χ0n) is 14.6. The molecule has 1 atom stereocenters. The first-order valence-electron chi connectivity index (χ1n) is 9.02. The predicted molar refractivity (Wildman–Crippen MR) is 99.0 cm³/mol. The van der Waals surface area contributed by atoms with Crippen molar-refractivity contribution in [1.82, 2.24) is 0 Å². The largest absolute Gasteiger partial charge is 0.508 e. The van der Waals surface area contributed by atoms with Gasteiger partial charge < -0.3 is 5.11 Å². The van der Waals surface area contributed by atoms with Gasteiger partial charge in [-0.05, 0) is 18.1 Å². The third-order valence-electron chi connectivity index (χ3n) is 4.94. The Morgan fingerprint density at radius 2 is 1.39 bits per heavy atom. The van der Waals surface area contributed by atoms with E-state index >= 15 is 0 Å². The fraction of sp³-hybridized carbons (Fsp3) is 0.455. The Kier molecular flexibility index (Phi) is 6.70. The van der Waals surface area contributed by atoms with Gasteiger partial charge in [-0.15, -0.1) is 0 Å². The van der Waals surface area contributed by atoms with E-state index in [1.54, 1.807) is 6.07 Å². The first-order chi connectivity index (χ1) is 11.2. The van der Waals surface area contributed by atoms with Crippen LogP contribution < -0.4 is 0 Å². The molecule has 0 aliphatic heterocycles. The third-order valence-corrected chi connectivity index (χ3v) is 4.94.